The summed E-state index contributed by atoms with van der Waals surface area (Å²) < 4.78 is 0. The van der Waals surface area contributed by atoms with E-state index in [0.717, 1.165) is 0 Å². The molecule has 5 nitrogen and oxygen atoms in total. The maximum absolute atomic E-state index is 11.3. The molecule has 0 unspecified atom stereocenters. The first-order chi connectivity index (χ1) is 7.13. The molecule has 0 aromatic heterocycles. The highest BCUT2D eigenvalue weighted by atomic mass is 16.4. The Morgan fingerprint density at radius 2 is 1.87 bits per heavy atom. The van der Waals surface area contributed by atoms with Crippen LogP contribution in [0.4, 0.5) is 0 Å². The van der Waals surface area contributed by atoms with Gasteiger partial charge in [0, 0.05) is 26.2 Å². The van der Waals surface area contributed by atoms with E-state index >= 15 is 0 Å². The summed E-state index contributed by atoms with van der Waals surface area (Å²) in [5, 5.41) is 8.58. The molecular formula is C10H14N2O3. The van der Waals surface area contributed by atoms with Gasteiger partial charge in [0.25, 0.3) is 5.91 Å². The van der Waals surface area contributed by atoms with Crippen molar-refractivity contribution < 1.29 is 14.7 Å². The second kappa shape index (κ2) is 5.37. The van der Waals surface area contributed by atoms with Gasteiger partial charge in [-0.1, -0.05) is 5.92 Å². The van der Waals surface area contributed by atoms with Crippen LogP contribution in [0.25, 0.3) is 0 Å². The molecule has 1 aliphatic heterocycles. The lowest BCUT2D eigenvalue weighted by Gasteiger charge is -2.32. The number of carboxylic acids is 1. The molecular weight excluding hydrogens is 196 g/mol. The van der Waals surface area contributed by atoms with Crippen LogP contribution in [-0.2, 0) is 9.59 Å². The van der Waals surface area contributed by atoms with Crippen molar-refractivity contribution in [3.05, 3.63) is 0 Å². The van der Waals surface area contributed by atoms with Gasteiger partial charge in [0.05, 0.1) is 6.54 Å². The molecule has 1 rings (SSSR count). The summed E-state index contributed by atoms with van der Waals surface area (Å²) in [7, 11) is 0. The lowest BCUT2D eigenvalue weighted by atomic mass is 10.3. The molecule has 0 aromatic rings. The Kier molecular flexibility index (Phi) is 4.13. The molecule has 0 aliphatic carbocycles. The maximum Gasteiger partial charge on any atom is 0.317 e. The maximum atomic E-state index is 11.3. The molecule has 1 N–H and O–H groups in total. The number of aliphatic carboxylic acids is 1. The van der Waals surface area contributed by atoms with Gasteiger partial charge in [-0.25, -0.2) is 0 Å². The zero-order chi connectivity index (χ0) is 11.3. The largest absolute Gasteiger partial charge is 0.480 e. The molecule has 1 amide bonds. The van der Waals surface area contributed by atoms with Crippen molar-refractivity contribution in [1.29, 1.82) is 0 Å². The fourth-order valence-corrected chi connectivity index (χ4v) is 1.49. The Hall–Kier alpha value is -1.54. The lowest BCUT2D eigenvalue weighted by molar-refractivity contribution is -0.139. The summed E-state index contributed by atoms with van der Waals surface area (Å²) in [4.78, 5) is 25.2. The van der Waals surface area contributed by atoms with Crippen LogP contribution in [0.3, 0.4) is 0 Å². The molecule has 15 heavy (non-hydrogen) atoms. The van der Waals surface area contributed by atoms with E-state index in [9.17, 15) is 9.59 Å². The highest BCUT2D eigenvalue weighted by molar-refractivity contribution is 5.93. The molecule has 1 heterocycles. The monoisotopic (exact) mass is 210 g/mol. The predicted molar refractivity (Wildman–Crippen MR) is 54.1 cm³/mol. The lowest BCUT2D eigenvalue weighted by Crippen LogP contribution is -2.49. The Labute approximate surface area is 88.7 Å². The number of piperazine rings is 1. The second-order valence-electron chi connectivity index (χ2n) is 3.34. The van der Waals surface area contributed by atoms with Crippen LogP contribution in [0, 0.1) is 11.8 Å². The van der Waals surface area contributed by atoms with Crippen molar-refractivity contribution in [3.8, 4) is 11.8 Å². The topological polar surface area (TPSA) is 60.9 Å². The Morgan fingerprint density at radius 1 is 1.27 bits per heavy atom. The summed E-state index contributed by atoms with van der Waals surface area (Å²) >= 11 is 0. The van der Waals surface area contributed by atoms with Crippen molar-refractivity contribution in [2.75, 3.05) is 32.7 Å². The third-order valence-corrected chi connectivity index (χ3v) is 2.25. The van der Waals surface area contributed by atoms with Gasteiger partial charge in [-0.3, -0.25) is 14.5 Å². The molecule has 0 atom stereocenters. The summed E-state index contributed by atoms with van der Waals surface area (Å²) in [6, 6.07) is 0. The van der Waals surface area contributed by atoms with E-state index in [1.807, 2.05) is 4.90 Å². The minimum atomic E-state index is -0.830. The molecule has 5 heteroatoms. The standard InChI is InChI=1S/C10H14N2O3/c1-2-3-9(13)12-6-4-11(5-7-12)8-10(14)15/h4-8H2,1H3,(H,14,15). The first-order valence-electron chi connectivity index (χ1n) is 4.79. The number of nitrogens with zero attached hydrogens (tertiary/aromatic N) is 2. The third kappa shape index (κ3) is 3.60. The number of hydrogen-bond acceptors (Lipinski definition) is 3. The van der Waals surface area contributed by atoms with E-state index in [0.29, 0.717) is 26.2 Å². The average Bonchev–Trinajstić information content (AvgIpc) is 2.18. The third-order valence-electron chi connectivity index (χ3n) is 2.25. The number of carboxylic acid groups (broad SMARTS) is 1. The van der Waals surface area contributed by atoms with Crippen LogP contribution in [0.2, 0.25) is 0 Å². The molecule has 0 spiro atoms. The van der Waals surface area contributed by atoms with Gasteiger partial charge >= 0.3 is 5.97 Å². The van der Waals surface area contributed by atoms with E-state index in [1.54, 1.807) is 11.8 Å². The fourth-order valence-electron chi connectivity index (χ4n) is 1.49. The highest BCUT2D eigenvalue weighted by Crippen LogP contribution is 2.01. The minimum Gasteiger partial charge on any atom is -0.480 e. The van der Waals surface area contributed by atoms with E-state index in [-0.39, 0.29) is 12.5 Å². The van der Waals surface area contributed by atoms with Gasteiger partial charge in [0.15, 0.2) is 0 Å². The molecule has 0 aromatic carbocycles. The van der Waals surface area contributed by atoms with Gasteiger partial charge in [0.1, 0.15) is 0 Å². The summed E-state index contributed by atoms with van der Waals surface area (Å²) in [6.07, 6.45) is 0. The van der Waals surface area contributed by atoms with Gasteiger partial charge in [-0.2, -0.15) is 0 Å². The zero-order valence-electron chi connectivity index (χ0n) is 8.69. The molecule has 1 fully saturated rings. The van der Waals surface area contributed by atoms with Gasteiger partial charge in [-0.15, -0.1) is 0 Å². The second-order valence-corrected chi connectivity index (χ2v) is 3.34. The quantitative estimate of drug-likeness (QED) is 0.608. The van der Waals surface area contributed by atoms with E-state index in [2.05, 4.69) is 11.8 Å². The van der Waals surface area contributed by atoms with Crippen LogP contribution >= 0.6 is 0 Å². The van der Waals surface area contributed by atoms with Crippen molar-refractivity contribution >= 4 is 11.9 Å². The Morgan fingerprint density at radius 3 is 2.33 bits per heavy atom. The van der Waals surface area contributed by atoms with Gasteiger partial charge < -0.3 is 10.0 Å². The smallest absolute Gasteiger partial charge is 0.317 e. The number of carbonyl (C=O) groups is 2. The number of carbonyl (C=O) groups excluding carboxylic acids is 1. The minimum absolute atomic E-state index is 0.0431. The normalized spacial score (nSPS) is 16.7. The number of amides is 1. The summed E-state index contributed by atoms with van der Waals surface area (Å²) in [5.74, 6) is 4.03. The number of hydrogen-bond donors (Lipinski definition) is 1. The van der Waals surface area contributed by atoms with Crippen LogP contribution < -0.4 is 0 Å². The van der Waals surface area contributed by atoms with Crippen LogP contribution in [0.1, 0.15) is 6.92 Å². The highest BCUT2D eigenvalue weighted by Gasteiger charge is 2.20. The predicted octanol–water partition coefficient (Wildman–Crippen LogP) is -0.761. The summed E-state index contributed by atoms with van der Waals surface area (Å²) in [5.41, 5.74) is 0. The van der Waals surface area contributed by atoms with Crippen LogP contribution in [-0.4, -0.2) is 59.5 Å². The SMILES string of the molecule is CC#CC(=O)N1CCN(CC(=O)O)CC1. The Balaban J connectivity index is 2.37. The first-order valence-corrected chi connectivity index (χ1v) is 4.79. The average molecular weight is 210 g/mol. The van der Waals surface area contributed by atoms with Crippen LogP contribution in [0.5, 0.6) is 0 Å². The van der Waals surface area contributed by atoms with E-state index in [4.69, 9.17) is 5.11 Å². The van der Waals surface area contributed by atoms with Crippen LogP contribution in [0.15, 0.2) is 0 Å². The van der Waals surface area contributed by atoms with Gasteiger partial charge in [-0.05, 0) is 12.8 Å². The molecule has 0 bridgehead atoms. The zero-order valence-corrected chi connectivity index (χ0v) is 8.69. The Bertz CT molecular complexity index is 308. The van der Waals surface area contributed by atoms with E-state index < -0.39 is 5.97 Å². The van der Waals surface area contributed by atoms with E-state index in [1.165, 1.54) is 0 Å². The fraction of sp³-hybridized carbons (Fsp3) is 0.600. The molecule has 0 radical (unpaired) electrons. The van der Waals surface area contributed by atoms with Crippen molar-refractivity contribution in [2.45, 2.75) is 6.92 Å². The molecule has 1 saturated heterocycles. The van der Waals surface area contributed by atoms with Gasteiger partial charge in [0.2, 0.25) is 0 Å². The first kappa shape index (κ1) is 11.5. The molecule has 82 valence electrons. The van der Waals surface area contributed by atoms with Crippen molar-refractivity contribution in [1.82, 2.24) is 9.80 Å². The summed E-state index contributed by atoms with van der Waals surface area (Å²) in [6.45, 7) is 3.98. The molecule has 0 saturated carbocycles. The molecule has 1 aliphatic rings. The number of rotatable bonds is 2. The van der Waals surface area contributed by atoms with Crippen molar-refractivity contribution in [2.24, 2.45) is 0 Å². The van der Waals surface area contributed by atoms with Crippen molar-refractivity contribution in [3.63, 3.8) is 0 Å².